The minimum absolute atomic E-state index is 0.445. The molecular weight excluding hydrogens is 314 g/mol. The number of hydrogen-bond acceptors (Lipinski definition) is 4. The van der Waals surface area contributed by atoms with E-state index in [1.54, 1.807) is 0 Å². The Morgan fingerprint density at radius 1 is 1.33 bits per heavy atom. The maximum Gasteiger partial charge on any atom is 0.497 e. The van der Waals surface area contributed by atoms with E-state index in [4.69, 9.17) is 14.4 Å². The number of fused-ring (bicyclic) bond motifs is 1. The van der Waals surface area contributed by atoms with Crippen LogP contribution in [0.5, 0.6) is 0 Å². The SMILES string of the molecule is CC1(C)OB(c2cc(F)cc3c2NCCC3NC(=O)O)OC1(C)C. The number of carbonyl (C=O) groups is 1. The van der Waals surface area contributed by atoms with E-state index < -0.39 is 36.3 Å². The van der Waals surface area contributed by atoms with Gasteiger partial charge in [-0.3, -0.25) is 0 Å². The van der Waals surface area contributed by atoms with Crippen LogP contribution < -0.4 is 16.1 Å². The molecule has 0 aliphatic carbocycles. The number of halogens is 1. The van der Waals surface area contributed by atoms with Crippen LogP contribution in [-0.4, -0.2) is 36.1 Å². The number of rotatable bonds is 2. The molecule has 1 aromatic carbocycles. The van der Waals surface area contributed by atoms with Crippen molar-refractivity contribution >= 4 is 24.4 Å². The molecule has 8 heteroatoms. The van der Waals surface area contributed by atoms with E-state index >= 15 is 0 Å². The summed E-state index contributed by atoms with van der Waals surface area (Å²) in [6.07, 6.45) is -0.583. The third-order valence-corrected chi connectivity index (χ3v) is 5.08. The van der Waals surface area contributed by atoms with Gasteiger partial charge >= 0.3 is 13.2 Å². The topological polar surface area (TPSA) is 79.8 Å². The molecule has 24 heavy (non-hydrogen) atoms. The normalized spacial score (nSPS) is 24.2. The molecule has 2 aliphatic heterocycles. The zero-order chi connectivity index (χ0) is 17.7. The van der Waals surface area contributed by atoms with Gasteiger partial charge in [-0.25, -0.2) is 9.18 Å². The number of nitrogens with one attached hydrogen (secondary N) is 2. The van der Waals surface area contributed by atoms with Crippen molar-refractivity contribution in [1.82, 2.24) is 5.32 Å². The molecule has 1 atom stereocenters. The summed E-state index contributed by atoms with van der Waals surface area (Å²) in [6, 6.07) is 2.28. The van der Waals surface area contributed by atoms with Crippen LogP contribution in [0.4, 0.5) is 14.9 Å². The molecule has 0 aromatic heterocycles. The fraction of sp³-hybridized carbons (Fsp3) is 0.562. The summed E-state index contributed by atoms with van der Waals surface area (Å²) in [7, 11) is -0.712. The Labute approximate surface area is 140 Å². The summed E-state index contributed by atoms with van der Waals surface area (Å²) in [5.41, 5.74) is 0.739. The van der Waals surface area contributed by atoms with Crippen molar-refractivity contribution in [2.45, 2.75) is 51.4 Å². The maximum atomic E-state index is 14.2. The van der Waals surface area contributed by atoms with Crippen molar-refractivity contribution in [2.75, 3.05) is 11.9 Å². The second-order valence-electron chi connectivity index (χ2n) is 7.27. The lowest BCUT2D eigenvalue weighted by Crippen LogP contribution is -2.41. The molecule has 1 aromatic rings. The average Bonchev–Trinajstić information content (AvgIpc) is 2.67. The lowest BCUT2D eigenvalue weighted by atomic mass is 9.75. The van der Waals surface area contributed by atoms with Crippen molar-refractivity contribution in [3.63, 3.8) is 0 Å². The zero-order valence-corrected chi connectivity index (χ0v) is 14.3. The summed E-state index contributed by atoms with van der Waals surface area (Å²) in [4.78, 5) is 11.0. The second-order valence-corrected chi connectivity index (χ2v) is 7.27. The van der Waals surface area contributed by atoms with Gasteiger partial charge in [0.05, 0.1) is 17.2 Å². The average molecular weight is 336 g/mol. The molecule has 1 amide bonds. The Morgan fingerprint density at radius 3 is 2.54 bits per heavy atom. The van der Waals surface area contributed by atoms with Gasteiger partial charge in [0.25, 0.3) is 0 Å². The Kier molecular flexibility index (Phi) is 4.00. The lowest BCUT2D eigenvalue weighted by Gasteiger charge is -2.32. The second kappa shape index (κ2) is 5.63. The molecule has 130 valence electrons. The van der Waals surface area contributed by atoms with Crippen LogP contribution in [0.3, 0.4) is 0 Å². The van der Waals surface area contributed by atoms with Gasteiger partial charge in [-0.1, -0.05) is 0 Å². The van der Waals surface area contributed by atoms with Gasteiger partial charge in [0.1, 0.15) is 5.82 Å². The van der Waals surface area contributed by atoms with Gasteiger partial charge in [-0.15, -0.1) is 0 Å². The van der Waals surface area contributed by atoms with Crippen molar-refractivity contribution in [3.8, 4) is 0 Å². The molecule has 2 aliphatic rings. The number of hydrogen-bond donors (Lipinski definition) is 3. The monoisotopic (exact) mass is 336 g/mol. The molecule has 0 radical (unpaired) electrons. The maximum absolute atomic E-state index is 14.2. The molecule has 1 fully saturated rings. The molecule has 3 N–H and O–H groups in total. The van der Waals surface area contributed by atoms with Gasteiger partial charge in [-0.2, -0.15) is 0 Å². The minimum Gasteiger partial charge on any atom is -0.465 e. The van der Waals surface area contributed by atoms with E-state index in [9.17, 15) is 9.18 Å². The van der Waals surface area contributed by atoms with Crippen LogP contribution >= 0.6 is 0 Å². The number of benzene rings is 1. The lowest BCUT2D eigenvalue weighted by molar-refractivity contribution is 0.00578. The molecule has 6 nitrogen and oxygen atoms in total. The Hall–Kier alpha value is -1.80. The van der Waals surface area contributed by atoms with Crippen LogP contribution in [-0.2, 0) is 9.31 Å². The van der Waals surface area contributed by atoms with E-state index in [0.29, 0.717) is 29.7 Å². The van der Waals surface area contributed by atoms with Crippen LogP contribution in [0.1, 0.15) is 45.7 Å². The summed E-state index contributed by atoms with van der Waals surface area (Å²) in [6.45, 7) is 8.31. The number of carboxylic acid groups (broad SMARTS) is 1. The highest BCUT2D eigenvalue weighted by molar-refractivity contribution is 6.64. The molecule has 3 rings (SSSR count). The first-order valence-corrected chi connectivity index (χ1v) is 8.03. The molecular formula is C16H22BFN2O4. The molecule has 0 spiro atoms. The summed E-state index contributed by atoms with van der Waals surface area (Å²) >= 11 is 0. The van der Waals surface area contributed by atoms with Crippen molar-refractivity contribution < 1.29 is 23.6 Å². The first kappa shape index (κ1) is 17.0. The molecule has 0 bridgehead atoms. The van der Waals surface area contributed by atoms with Crippen LogP contribution in [0.15, 0.2) is 12.1 Å². The Morgan fingerprint density at radius 2 is 1.96 bits per heavy atom. The van der Waals surface area contributed by atoms with Gasteiger partial charge in [0.2, 0.25) is 0 Å². The first-order chi connectivity index (χ1) is 11.1. The van der Waals surface area contributed by atoms with Crippen molar-refractivity contribution in [2.24, 2.45) is 0 Å². The third-order valence-electron chi connectivity index (χ3n) is 5.08. The zero-order valence-electron chi connectivity index (χ0n) is 14.3. The Balaban J connectivity index is 2.02. The molecule has 1 unspecified atom stereocenters. The van der Waals surface area contributed by atoms with E-state index in [0.717, 1.165) is 0 Å². The predicted molar refractivity (Wildman–Crippen MR) is 89.1 cm³/mol. The highest BCUT2D eigenvalue weighted by Crippen LogP contribution is 2.38. The van der Waals surface area contributed by atoms with Gasteiger partial charge in [0.15, 0.2) is 0 Å². The minimum atomic E-state index is -1.13. The van der Waals surface area contributed by atoms with E-state index in [2.05, 4.69) is 10.6 Å². The third kappa shape index (κ3) is 2.84. The predicted octanol–water partition coefficient (Wildman–Crippen LogP) is 2.25. The first-order valence-electron chi connectivity index (χ1n) is 8.03. The molecule has 2 heterocycles. The fourth-order valence-corrected chi connectivity index (χ4v) is 3.08. The number of anilines is 1. The van der Waals surface area contributed by atoms with Crippen LogP contribution in [0.25, 0.3) is 0 Å². The summed E-state index contributed by atoms with van der Waals surface area (Å²) in [5, 5.41) is 14.7. The quantitative estimate of drug-likeness (QED) is 0.722. The summed E-state index contributed by atoms with van der Waals surface area (Å²) in [5.74, 6) is -0.445. The fourth-order valence-electron chi connectivity index (χ4n) is 3.08. The van der Waals surface area contributed by atoms with Crippen molar-refractivity contribution in [1.29, 1.82) is 0 Å². The van der Waals surface area contributed by atoms with E-state index in [1.165, 1.54) is 12.1 Å². The highest BCUT2D eigenvalue weighted by Gasteiger charge is 2.52. The van der Waals surface area contributed by atoms with Crippen molar-refractivity contribution in [3.05, 3.63) is 23.5 Å². The highest BCUT2D eigenvalue weighted by atomic mass is 19.1. The smallest absolute Gasteiger partial charge is 0.465 e. The van der Waals surface area contributed by atoms with Crippen LogP contribution in [0, 0.1) is 5.82 Å². The van der Waals surface area contributed by atoms with E-state index in [-0.39, 0.29) is 0 Å². The standard InChI is InChI=1S/C16H22BFN2O4/c1-15(2)16(3,4)24-17(23-15)11-8-9(18)7-10-12(20-14(21)22)5-6-19-13(10)11/h7-8,12,19-20H,5-6H2,1-4H3,(H,21,22). The molecule has 0 saturated carbocycles. The van der Waals surface area contributed by atoms with Gasteiger partial charge in [0, 0.05) is 23.3 Å². The van der Waals surface area contributed by atoms with Crippen LogP contribution in [0.2, 0.25) is 0 Å². The largest absolute Gasteiger partial charge is 0.497 e. The van der Waals surface area contributed by atoms with E-state index in [1.807, 2.05) is 27.7 Å². The summed E-state index contributed by atoms with van der Waals surface area (Å²) < 4.78 is 26.2. The van der Waals surface area contributed by atoms with Gasteiger partial charge in [-0.05, 0) is 46.2 Å². The Bertz CT molecular complexity index is 664. The number of amides is 1. The van der Waals surface area contributed by atoms with Gasteiger partial charge < -0.3 is 25.0 Å². The molecule has 1 saturated heterocycles.